The van der Waals surface area contributed by atoms with Gasteiger partial charge in [-0.2, -0.15) is 0 Å². The smallest absolute Gasteiger partial charge is 0.343 e. The molecule has 2 heterocycles. The van der Waals surface area contributed by atoms with Crippen molar-refractivity contribution in [2.24, 2.45) is 0 Å². The van der Waals surface area contributed by atoms with Crippen LogP contribution < -0.4 is 15.4 Å². The van der Waals surface area contributed by atoms with Gasteiger partial charge in [0.05, 0.1) is 13.4 Å². The number of benzene rings is 1. The van der Waals surface area contributed by atoms with E-state index in [2.05, 4.69) is 20.4 Å². The zero-order valence-electron chi connectivity index (χ0n) is 14.6. The third-order valence-corrected chi connectivity index (χ3v) is 4.26. The summed E-state index contributed by atoms with van der Waals surface area (Å²) in [5.74, 6) is -0.198. The topological polar surface area (TPSA) is 94.5 Å². The molecule has 0 bridgehead atoms. The van der Waals surface area contributed by atoms with Crippen molar-refractivity contribution in [1.29, 1.82) is 0 Å². The number of methoxy groups -OCH3 is 1. The lowest BCUT2D eigenvalue weighted by atomic mass is 10.1. The van der Waals surface area contributed by atoms with Crippen LogP contribution in [0.1, 0.15) is 29.4 Å². The number of anilines is 1. The van der Waals surface area contributed by atoms with Crippen molar-refractivity contribution in [3.8, 4) is 5.75 Å². The number of ether oxygens (including phenoxy) is 2. The lowest BCUT2D eigenvalue weighted by Gasteiger charge is -2.23. The lowest BCUT2D eigenvalue weighted by Crippen LogP contribution is -2.29. The Kier molecular flexibility index (Phi) is 5.85. The molecule has 8 heteroatoms. The maximum Gasteiger partial charge on any atom is 0.343 e. The third-order valence-electron chi connectivity index (χ3n) is 4.26. The largest absolute Gasteiger partial charge is 0.482 e. The van der Waals surface area contributed by atoms with E-state index in [4.69, 9.17) is 4.74 Å². The molecule has 0 unspecified atom stereocenters. The monoisotopic (exact) mass is 358 g/mol. The zero-order valence-corrected chi connectivity index (χ0v) is 14.6. The van der Waals surface area contributed by atoms with E-state index in [1.807, 2.05) is 4.57 Å². The third kappa shape index (κ3) is 4.60. The van der Waals surface area contributed by atoms with Gasteiger partial charge in [-0.15, -0.1) is 0 Å². The number of carbonyl (C=O) groups is 2. The number of hydrogen-bond acceptors (Lipinski definition) is 6. The molecule has 2 N–H and O–H groups in total. The molecule has 1 fully saturated rings. The SMILES string of the molecule is COC(=O)COc1ccc(NC(=O)c2cn(C3CCNCC3)cn2)cc1. The van der Waals surface area contributed by atoms with Crippen molar-refractivity contribution < 1.29 is 19.1 Å². The van der Waals surface area contributed by atoms with E-state index in [9.17, 15) is 9.59 Å². The molecule has 1 saturated heterocycles. The van der Waals surface area contributed by atoms with Crippen molar-refractivity contribution in [2.45, 2.75) is 18.9 Å². The maximum absolute atomic E-state index is 12.4. The van der Waals surface area contributed by atoms with Crippen LogP contribution in [0.5, 0.6) is 5.75 Å². The number of rotatable bonds is 6. The molecule has 8 nitrogen and oxygen atoms in total. The number of piperidine rings is 1. The fourth-order valence-corrected chi connectivity index (χ4v) is 2.79. The first-order valence-corrected chi connectivity index (χ1v) is 8.51. The average molecular weight is 358 g/mol. The normalized spacial score (nSPS) is 14.7. The highest BCUT2D eigenvalue weighted by Gasteiger charge is 2.17. The summed E-state index contributed by atoms with van der Waals surface area (Å²) in [4.78, 5) is 27.6. The second-order valence-electron chi connectivity index (χ2n) is 6.03. The molecule has 26 heavy (non-hydrogen) atoms. The van der Waals surface area contributed by atoms with Gasteiger partial charge in [-0.25, -0.2) is 9.78 Å². The minimum Gasteiger partial charge on any atom is -0.482 e. The first-order valence-electron chi connectivity index (χ1n) is 8.51. The molecule has 0 saturated carbocycles. The highest BCUT2D eigenvalue weighted by Crippen LogP contribution is 2.19. The van der Waals surface area contributed by atoms with Gasteiger partial charge in [0.15, 0.2) is 6.61 Å². The Hall–Kier alpha value is -2.87. The van der Waals surface area contributed by atoms with Crippen LogP contribution in [0.2, 0.25) is 0 Å². The Morgan fingerprint density at radius 3 is 2.69 bits per heavy atom. The Labute approximate surface area is 151 Å². The standard InChI is InChI=1S/C18H22N4O4/c1-25-17(23)11-26-15-4-2-13(3-5-15)21-18(24)16-10-22(12-20-16)14-6-8-19-9-7-14/h2-5,10,12,14,19H,6-9,11H2,1H3,(H,21,24). The summed E-state index contributed by atoms with van der Waals surface area (Å²) in [5.41, 5.74) is 1.01. The van der Waals surface area contributed by atoms with Crippen LogP contribution in [0.4, 0.5) is 5.69 Å². The summed E-state index contributed by atoms with van der Waals surface area (Å²) < 4.78 is 11.8. The van der Waals surface area contributed by atoms with Crippen LogP contribution in [0, 0.1) is 0 Å². The fraction of sp³-hybridized carbons (Fsp3) is 0.389. The van der Waals surface area contributed by atoms with E-state index >= 15 is 0 Å². The van der Waals surface area contributed by atoms with Crippen molar-refractivity contribution in [1.82, 2.24) is 14.9 Å². The summed E-state index contributed by atoms with van der Waals surface area (Å²) in [5, 5.41) is 6.12. The minimum atomic E-state index is -0.452. The predicted octanol–water partition coefficient (Wildman–Crippen LogP) is 1.61. The van der Waals surface area contributed by atoms with Gasteiger partial charge in [0, 0.05) is 17.9 Å². The van der Waals surface area contributed by atoms with Crippen LogP contribution >= 0.6 is 0 Å². The number of esters is 1. The minimum absolute atomic E-state index is 0.156. The Bertz CT molecular complexity index is 751. The maximum atomic E-state index is 12.4. The summed E-state index contributed by atoms with van der Waals surface area (Å²) in [6.07, 6.45) is 5.57. The second kappa shape index (κ2) is 8.48. The van der Waals surface area contributed by atoms with Gasteiger partial charge < -0.3 is 24.7 Å². The summed E-state index contributed by atoms with van der Waals surface area (Å²) in [6, 6.07) is 7.14. The predicted molar refractivity (Wildman–Crippen MR) is 95.3 cm³/mol. The number of imidazole rings is 1. The van der Waals surface area contributed by atoms with Crippen molar-refractivity contribution in [2.75, 3.05) is 32.1 Å². The Morgan fingerprint density at radius 1 is 1.27 bits per heavy atom. The molecule has 1 amide bonds. The highest BCUT2D eigenvalue weighted by atomic mass is 16.6. The fourth-order valence-electron chi connectivity index (χ4n) is 2.79. The second-order valence-corrected chi connectivity index (χ2v) is 6.03. The molecule has 2 aromatic rings. The molecule has 0 spiro atoms. The number of nitrogens with one attached hydrogen (secondary N) is 2. The highest BCUT2D eigenvalue weighted by molar-refractivity contribution is 6.02. The molecule has 3 rings (SSSR count). The molecular formula is C18H22N4O4. The summed E-state index contributed by atoms with van der Waals surface area (Å²) >= 11 is 0. The van der Waals surface area contributed by atoms with Gasteiger partial charge >= 0.3 is 5.97 Å². The number of nitrogens with zero attached hydrogens (tertiary/aromatic N) is 2. The van der Waals surface area contributed by atoms with Crippen LogP contribution in [-0.4, -0.2) is 48.2 Å². The molecule has 1 aliphatic rings. The molecule has 0 atom stereocenters. The quantitative estimate of drug-likeness (QED) is 0.762. The van der Waals surface area contributed by atoms with Gasteiger partial charge in [0.1, 0.15) is 11.4 Å². The Balaban J connectivity index is 1.56. The van der Waals surface area contributed by atoms with Gasteiger partial charge in [0.25, 0.3) is 5.91 Å². The van der Waals surface area contributed by atoms with Gasteiger partial charge in [-0.1, -0.05) is 0 Å². The van der Waals surface area contributed by atoms with Crippen LogP contribution in [0.15, 0.2) is 36.8 Å². The van der Waals surface area contributed by atoms with Crippen LogP contribution in [0.3, 0.4) is 0 Å². The van der Waals surface area contributed by atoms with Crippen molar-refractivity contribution >= 4 is 17.6 Å². The van der Waals surface area contributed by atoms with Gasteiger partial charge in [-0.05, 0) is 50.2 Å². The van der Waals surface area contributed by atoms with Gasteiger partial charge in [-0.3, -0.25) is 4.79 Å². The number of amides is 1. The number of hydrogen-bond donors (Lipinski definition) is 2. The first-order chi connectivity index (χ1) is 12.7. The van der Waals surface area contributed by atoms with E-state index in [1.54, 1.807) is 36.8 Å². The number of carbonyl (C=O) groups excluding carboxylic acids is 2. The average Bonchev–Trinajstić information content (AvgIpc) is 3.18. The first kappa shape index (κ1) is 17.9. The van der Waals surface area contributed by atoms with E-state index in [0.717, 1.165) is 25.9 Å². The lowest BCUT2D eigenvalue weighted by molar-refractivity contribution is -0.142. The Morgan fingerprint density at radius 2 is 2.00 bits per heavy atom. The van der Waals surface area contributed by atoms with Crippen molar-refractivity contribution in [3.63, 3.8) is 0 Å². The van der Waals surface area contributed by atoms with E-state index in [-0.39, 0.29) is 12.5 Å². The van der Waals surface area contributed by atoms with Crippen LogP contribution in [-0.2, 0) is 9.53 Å². The van der Waals surface area contributed by atoms with E-state index < -0.39 is 5.97 Å². The number of aromatic nitrogens is 2. The zero-order chi connectivity index (χ0) is 18.4. The molecule has 1 aromatic carbocycles. The molecule has 138 valence electrons. The summed E-state index contributed by atoms with van der Waals surface area (Å²) in [7, 11) is 1.30. The van der Waals surface area contributed by atoms with Crippen molar-refractivity contribution in [3.05, 3.63) is 42.5 Å². The molecule has 1 aliphatic heterocycles. The van der Waals surface area contributed by atoms with Crippen LogP contribution in [0.25, 0.3) is 0 Å². The van der Waals surface area contributed by atoms with E-state index in [0.29, 0.717) is 23.2 Å². The van der Waals surface area contributed by atoms with E-state index in [1.165, 1.54) is 7.11 Å². The molecular weight excluding hydrogens is 336 g/mol. The molecule has 0 aliphatic carbocycles. The van der Waals surface area contributed by atoms with Gasteiger partial charge in [0.2, 0.25) is 0 Å². The molecule has 0 radical (unpaired) electrons. The molecule has 1 aromatic heterocycles. The summed E-state index contributed by atoms with van der Waals surface area (Å²) in [6.45, 7) is 1.81.